The van der Waals surface area contributed by atoms with Crippen molar-refractivity contribution in [2.75, 3.05) is 22.1 Å². The monoisotopic (exact) mass is 359 g/mol. The second-order valence-electron chi connectivity index (χ2n) is 5.45. The first-order valence-electron chi connectivity index (χ1n) is 7.88. The number of hydrogen-bond acceptors (Lipinski definition) is 6. The topological polar surface area (TPSA) is 104 Å². The van der Waals surface area contributed by atoms with Gasteiger partial charge in [0, 0.05) is 12.8 Å². The molecule has 0 unspecified atom stereocenters. The summed E-state index contributed by atoms with van der Waals surface area (Å²) in [5.41, 5.74) is 1.24. The maximum atomic E-state index is 12.5. The molecule has 0 saturated carbocycles. The van der Waals surface area contributed by atoms with Crippen LogP contribution in [0, 0.1) is 0 Å². The molecule has 1 aliphatic heterocycles. The summed E-state index contributed by atoms with van der Waals surface area (Å²) in [5, 5.41) is 14.4. The average Bonchev–Trinajstić information content (AvgIpc) is 3.06. The molecule has 0 atom stereocenters. The third kappa shape index (κ3) is 4.00. The summed E-state index contributed by atoms with van der Waals surface area (Å²) in [6.45, 7) is 1.91. The molecule has 0 spiro atoms. The fourth-order valence-corrected chi connectivity index (χ4v) is 3.14. The number of aromatic nitrogens is 2. The van der Waals surface area contributed by atoms with E-state index in [9.17, 15) is 14.4 Å². The molecule has 3 rings (SSSR count). The summed E-state index contributed by atoms with van der Waals surface area (Å²) in [6.07, 6.45) is 0.773. The summed E-state index contributed by atoms with van der Waals surface area (Å²) in [5.74, 6) is -0.830. The van der Waals surface area contributed by atoms with Crippen LogP contribution in [0.15, 0.2) is 24.3 Å². The highest BCUT2D eigenvalue weighted by molar-refractivity contribution is 7.15. The van der Waals surface area contributed by atoms with Crippen LogP contribution < -0.4 is 15.5 Å². The number of benzene rings is 1. The Kier molecular flexibility index (Phi) is 5.03. The predicted octanol–water partition coefficient (Wildman–Crippen LogP) is 1.80. The average molecular weight is 359 g/mol. The van der Waals surface area contributed by atoms with Crippen molar-refractivity contribution in [1.29, 1.82) is 0 Å². The number of aryl methyl sites for hydroxylation is 1. The molecule has 8 nitrogen and oxygen atoms in total. The molecule has 0 saturated heterocycles. The minimum atomic E-state index is -0.304. The van der Waals surface area contributed by atoms with E-state index in [1.54, 1.807) is 24.3 Å². The van der Waals surface area contributed by atoms with Gasteiger partial charge in [-0.25, -0.2) is 0 Å². The molecule has 9 heteroatoms. The lowest BCUT2D eigenvalue weighted by Gasteiger charge is -2.29. The summed E-state index contributed by atoms with van der Waals surface area (Å²) in [4.78, 5) is 37.6. The van der Waals surface area contributed by atoms with Gasteiger partial charge < -0.3 is 15.5 Å². The van der Waals surface area contributed by atoms with E-state index < -0.39 is 0 Å². The second kappa shape index (κ2) is 7.39. The molecule has 0 fully saturated rings. The van der Waals surface area contributed by atoms with Gasteiger partial charge in [0.15, 0.2) is 0 Å². The molecule has 2 aromatic rings. The Morgan fingerprint density at radius 1 is 1.28 bits per heavy atom. The largest absolute Gasteiger partial charge is 0.323 e. The molecular weight excluding hydrogens is 342 g/mol. The SMILES string of the molecule is CCc1nnc(NC(=O)CCC(=O)N2CC(=O)Nc3ccccc32)s1. The highest BCUT2D eigenvalue weighted by Gasteiger charge is 2.26. The Hall–Kier alpha value is -2.81. The fraction of sp³-hybridized carbons (Fsp3) is 0.312. The number of nitrogens with zero attached hydrogens (tertiary/aromatic N) is 3. The van der Waals surface area contributed by atoms with E-state index in [0.29, 0.717) is 16.5 Å². The third-order valence-corrected chi connectivity index (χ3v) is 4.64. The van der Waals surface area contributed by atoms with Crippen LogP contribution in [0.2, 0.25) is 0 Å². The number of carbonyl (C=O) groups is 3. The molecule has 0 aliphatic carbocycles. The van der Waals surface area contributed by atoms with Crippen LogP contribution in [0.3, 0.4) is 0 Å². The van der Waals surface area contributed by atoms with Crippen LogP contribution in [-0.4, -0.2) is 34.5 Å². The number of hydrogen-bond donors (Lipinski definition) is 2. The molecule has 130 valence electrons. The Morgan fingerprint density at radius 2 is 2.08 bits per heavy atom. The van der Waals surface area contributed by atoms with Gasteiger partial charge in [0.05, 0.1) is 11.4 Å². The van der Waals surface area contributed by atoms with Crippen LogP contribution in [0.25, 0.3) is 0 Å². The van der Waals surface area contributed by atoms with E-state index in [1.165, 1.54) is 16.2 Å². The normalized spacial score (nSPS) is 13.2. The third-order valence-electron chi connectivity index (χ3n) is 3.65. The number of fused-ring (bicyclic) bond motifs is 1. The van der Waals surface area contributed by atoms with Crippen molar-refractivity contribution in [2.45, 2.75) is 26.2 Å². The first kappa shape index (κ1) is 17.0. The summed E-state index contributed by atoms with van der Waals surface area (Å²) >= 11 is 1.31. The van der Waals surface area contributed by atoms with Crippen LogP contribution in [0.4, 0.5) is 16.5 Å². The van der Waals surface area contributed by atoms with E-state index in [1.807, 2.05) is 6.92 Å². The standard InChI is InChI=1S/C16H17N5O3S/c1-2-14-19-20-16(25-14)18-12(22)7-8-15(24)21-9-13(23)17-10-5-3-4-6-11(10)21/h3-6H,2,7-9H2,1H3,(H,17,23)(H,18,20,22). The lowest BCUT2D eigenvalue weighted by molar-refractivity contribution is -0.124. The van der Waals surface area contributed by atoms with E-state index in [-0.39, 0.29) is 37.1 Å². The fourth-order valence-electron chi connectivity index (χ4n) is 2.44. The first-order chi connectivity index (χ1) is 12.1. The second-order valence-corrected chi connectivity index (χ2v) is 6.51. The molecule has 2 heterocycles. The van der Waals surface area contributed by atoms with E-state index in [4.69, 9.17) is 0 Å². The number of anilines is 3. The van der Waals surface area contributed by atoms with Gasteiger partial charge in [-0.3, -0.25) is 14.4 Å². The van der Waals surface area contributed by atoms with Gasteiger partial charge in [0.25, 0.3) is 0 Å². The van der Waals surface area contributed by atoms with Crippen LogP contribution in [-0.2, 0) is 20.8 Å². The molecular formula is C16H17N5O3S. The lowest BCUT2D eigenvalue weighted by atomic mass is 10.1. The molecule has 1 aliphatic rings. The molecule has 1 aromatic carbocycles. The van der Waals surface area contributed by atoms with Gasteiger partial charge in [-0.05, 0) is 18.6 Å². The van der Waals surface area contributed by atoms with Gasteiger partial charge in [-0.15, -0.1) is 10.2 Å². The zero-order chi connectivity index (χ0) is 17.8. The smallest absolute Gasteiger partial charge is 0.244 e. The van der Waals surface area contributed by atoms with Crippen molar-refractivity contribution < 1.29 is 14.4 Å². The molecule has 1 aromatic heterocycles. The summed E-state index contributed by atoms with van der Waals surface area (Å²) in [6, 6.07) is 7.08. The summed E-state index contributed by atoms with van der Waals surface area (Å²) in [7, 11) is 0. The van der Waals surface area contributed by atoms with E-state index in [2.05, 4.69) is 20.8 Å². The highest BCUT2D eigenvalue weighted by atomic mass is 32.1. The van der Waals surface area contributed by atoms with Crippen molar-refractivity contribution in [1.82, 2.24) is 10.2 Å². The van der Waals surface area contributed by atoms with Gasteiger partial charge >= 0.3 is 0 Å². The molecule has 0 radical (unpaired) electrons. The number of para-hydroxylation sites is 2. The van der Waals surface area contributed by atoms with E-state index in [0.717, 1.165) is 11.4 Å². The molecule has 25 heavy (non-hydrogen) atoms. The van der Waals surface area contributed by atoms with Crippen molar-refractivity contribution in [3.63, 3.8) is 0 Å². The Labute approximate surface area is 148 Å². The molecule has 3 amide bonds. The van der Waals surface area contributed by atoms with Crippen LogP contribution in [0.5, 0.6) is 0 Å². The predicted molar refractivity (Wildman–Crippen MR) is 94.6 cm³/mol. The van der Waals surface area contributed by atoms with Gasteiger partial charge in [0.1, 0.15) is 11.6 Å². The van der Waals surface area contributed by atoms with Crippen molar-refractivity contribution in [2.24, 2.45) is 0 Å². The Balaban J connectivity index is 1.59. The minimum Gasteiger partial charge on any atom is -0.323 e. The number of carbonyl (C=O) groups excluding carboxylic acids is 3. The van der Waals surface area contributed by atoms with E-state index >= 15 is 0 Å². The Bertz CT molecular complexity index is 820. The quantitative estimate of drug-likeness (QED) is 0.847. The van der Waals surface area contributed by atoms with Crippen LogP contribution >= 0.6 is 11.3 Å². The zero-order valence-electron chi connectivity index (χ0n) is 13.6. The zero-order valence-corrected chi connectivity index (χ0v) is 14.4. The van der Waals surface area contributed by atoms with Gasteiger partial charge in [-0.1, -0.05) is 30.4 Å². The summed E-state index contributed by atoms with van der Waals surface area (Å²) < 4.78 is 0. The van der Waals surface area contributed by atoms with Crippen molar-refractivity contribution in [3.8, 4) is 0 Å². The number of rotatable bonds is 5. The van der Waals surface area contributed by atoms with Crippen molar-refractivity contribution in [3.05, 3.63) is 29.3 Å². The van der Waals surface area contributed by atoms with Crippen molar-refractivity contribution >= 4 is 45.6 Å². The number of amides is 3. The minimum absolute atomic E-state index is 0.00683. The molecule has 0 bridgehead atoms. The highest BCUT2D eigenvalue weighted by Crippen LogP contribution is 2.29. The van der Waals surface area contributed by atoms with Gasteiger partial charge in [0.2, 0.25) is 22.9 Å². The Morgan fingerprint density at radius 3 is 2.84 bits per heavy atom. The maximum Gasteiger partial charge on any atom is 0.244 e. The molecule has 2 N–H and O–H groups in total. The lowest BCUT2D eigenvalue weighted by Crippen LogP contribution is -2.42. The number of nitrogens with one attached hydrogen (secondary N) is 2. The van der Waals surface area contributed by atoms with Gasteiger partial charge in [-0.2, -0.15) is 0 Å². The maximum absolute atomic E-state index is 12.5. The first-order valence-corrected chi connectivity index (χ1v) is 8.70. The van der Waals surface area contributed by atoms with Crippen LogP contribution in [0.1, 0.15) is 24.8 Å².